The van der Waals surface area contributed by atoms with Crippen molar-refractivity contribution < 1.29 is 9.53 Å². The third kappa shape index (κ3) is 6.42. The van der Waals surface area contributed by atoms with Gasteiger partial charge in [0.2, 0.25) is 5.91 Å². The Kier molecular flexibility index (Phi) is 7.81. The van der Waals surface area contributed by atoms with Crippen molar-refractivity contribution in [3.05, 3.63) is 60.2 Å². The molecule has 1 atom stereocenters. The van der Waals surface area contributed by atoms with Gasteiger partial charge in [-0.05, 0) is 18.2 Å². The molecule has 0 radical (unpaired) electrons. The van der Waals surface area contributed by atoms with E-state index in [9.17, 15) is 4.79 Å². The Hall–Kier alpha value is -2.67. The van der Waals surface area contributed by atoms with Crippen LogP contribution in [-0.4, -0.2) is 56.3 Å². The second-order valence-electron chi connectivity index (χ2n) is 6.91. The normalized spacial score (nSPS) is 15.8. The van der Waals surface area contributed by atoms with Crippen molar-refractivity contribution in [2.24, 2.45) is 4.99 Å². The molecule has 1 heterocycles. The lowest BCUT2D eigenvalue weighted by molar-refractivity contribution is -0.127. The van der Waals surface area contributed by atoms with Crippen LogP contribution >= 0.6 is 11.8 Å². The summed E-state index contributed by atoms with van der Waals surface area (Å²) >= 11 is 1.79. The van der Waals surface area contributed by atoms with E-state index in [0.29, 0.717) is 12.6 Å². The Morgan fingerprint density at radius 1 is 1.17 bits per heavy atom. The molecule has 3 rings (SSSR count). The van der Waals surface area contributed by atoms with Crippen LogP contribution in [0.1, 0.15) is 18.0 Å². The van der Waals surface area contributed by atoms with E-state index < -0.39 is 0 Å². The lowest BCUT2D eigenvalue weighted by Crippen LogP contribution is -2.42. The van der Waals surface area contributed by atoms with E-state index in [1.54, 1.807) is 30.8 Å². The number of fused-ring (bicyclic) bond motifs is 1. The van der Waals surface area contributed by atoms with E-state index in [0.717, 1.165) is 30.0 Å². The van der Waals surface area contributed by atoms with Crippen LogP contribution in [0.4, 0.5) is 0 Å². The fourth-order valence-electron chi connectivity index (χ4n) is 2.95. The maximum atomic E-state index is 12.0. The average molecular weight is 413 g/mol. The highest BCUT2D eigenvalue weighted by molar-refractivity contribution is 7.99. The molecule has 154 valence electrons. The van der Waals surface area contributed by atoms with Gasteiger partial charge in [-0.15, -0.1) is 11.8 Å². The Morgan fingerprint density at radius 2 is 1.93 bits per heavy atom. The molecule has 0 spiro atoms. The lowest BCUT2D eigenvalue weighted by Gasteiger charge is -2.28. The lowest BCUT2D eigenvalue weighted by atomic mass is 10.0. The van der Waals surface area contributed by atoms with Crippen molar-refractivity contribution in [1.29, 1.82) is 0 Å². The third-order valence-electron chi connectivity index (χ3n) is 4.55. The number of thioether (sulfide) groups is 1. The molecule has 0 saturated heterocycles. The third-order valence-corrected chi connectivity index (χ3v) is 5.56. The molecule has 7 heteroatoms. The van der Waals surface area contributed by atoms with Crippen molar-refractivity contribution in [2.45, 2.75) is 17.4 Å². The second kappa shape index (κ2) is 10.8. The maximum absolute atomic E-state index is 12.0. The fraction of sp³-hybridized carbons (Fsp3) is 0.364. The number of para-hydroxylation sites is 1. The summed E-state index contributed by atoms with van der Waals surface area (Å²) in [5.74, 6) is 2.42. The minimum absolute atomic E-state index is 0.0304. The van der Waals surface area contributed by atoms with Gasteiger partial charge in [0.25, 0.3) is 0 Å². The summed E-state index contributed by atoms with van der Waals surface area (Å²) in [4.78, 5) is 19.3. The number of rotatable bonds is 7. The van der Waals surface area contributed by atoms with Crippen LogP contribution in [0.2, 0.25) is 0 Å². The number of nitrogens with zero attached hydrogens (tertiary/aromatic N) is 2. The van der Waals surface area contributed by atoms with Gasteiger partial charge in [-0.25, -0.2) is 4.99 Å². The van der Waals surface area contributed by atoms with Crippen LogP contribution in [0.25, 0.3) is 0 Å². The predicted molar refractivity (Wildman–Crippen MR) is 119 cm³/mol. The summed E-state index contributed by atoms with van der Waals surface area (Å²) < 4.78 is 5.75. The standard InChI is InChI=1S/C22H28N4O2S/c1-26(2)21(27)16-24-22(23-13-15-29-17-8-4-3-5-9-17)25-19-12-14-28-20-11-7-6-10-18(19)20/h3-11,19H,12-16H2,1-2H3,(H2,23,24,25). The van der Waals surface area contributed by atoms with Crippen LogP contribution in [0.5, 0.6) is 5.75 Å². The average Bonchev–Trinajstić information content (AvgIpc) is 2.75. The van der Waals surface area contributed by atoms with E-state index in [2.05, 4.69) is 33.8 Å². The van der Waals surface area contributed by atoms with E-state index in [-0.39, 0.29) is 18.5 Å². The van der Waals surface area contributed by atoms with Gasteiger partial charge < -0.3 is 20.3 Å². The van der Waals surface area contributed by atoms with Gasteiger partial charge in [0.15, 0.2) is 5.96 Å². The number of likely N-dealkylation sites (N-methyl/N-ethyl adjacent to an activating group) is 1. The first-order valence-electron chi connectivity index (χ1n) is 9.78. The summed E-state index contributed by atoms with van der Waals surface area (Å²) in [7, 11) is 3.48. The molecule has 6 nitrogen and oxygen atoms in total. The SMILES string of the molecule is CN(C)C(=O)CN=C(NCCSc1ccccc1)NC1CCOc2ccccc21. The highest BCUT2D eigenvalue weighted by Gasteiger charge is 2.22. The van der Waals surface area contributed by atoms with Gasteiger partial charge in [-0.2, -0.15) is 0 Å². The molecule has 2 aromatic rings. The van der Waals surface area contributed by atoms with Gasteiger partial charge in [0.1, 0.15) is 12.3 Å². The Morgan fingerprint density at radius 3 is 2.72 bits per heavy atom. The first kappa shape index (κ1) is 21.0. The fourth-order valence-corrected chi connectivity index (χ4v) is 3.74. The molecular weight excluding hydrogens is 384 g/mol. The van der Waals surface area contributed by atoms with Gasteiger partial charge in [0, 0.05) is 43.3 Å². The molecule has 0 aliphatic carbocycles. The summed E-state index contributed by atoms with van der Waals surface area (Å²) in [6.07, 6.45) is 0.845. The van der Waals surface area contributed by atoms with Gasteiger partial charge in [-0.3, -0.25) is 4.79 Å². The zero-order valence-electron chi connectivity index (χ0n) is 16.9. The summed E-state index contributed by atoms with van der Waals surface area (Å²) in [6.45, 7) is 1.51. The number of benzene rings is 2. The monoisotopic (exact) mass is 412 g/mol. The van der Waals surface area contributed by atoms with Crippen molar-refractivity contribution in [1.82, 2.24) is 15.5 Å². The quantitative estimate of drug-likeness (QED) is 0.317. The molecule has 1 aliphatic heterocycles. The minimum atomic E-state index is -0.0304. The molecule has 0 aromatic heterocycles. The molecular formula is C22H28N4O2S. The number of aliphatic imine (C=N–C) groups is 1. The van der Waals surface area contributed by atoms with Crippen molar-refractivity contribution in [3.8, 4) is 5.75 Å². The number of hydrogen-bond donors (Lipinski definition) is 2. The number of hydrogen-bond acceptors (Lipinski definition) is 4. The number of nitrogens with one attached hydrogen (secondary N) is 2. The molecule has 0 saturated carbocycles. The first-order chi connectivity index (χ1) is 14.1. The Bertz CT molecular complexity index is 827. The summed E-state index contributed by atoms with van der Waals surface area (Å²) in [5.41, 5.74) is 1.12. The van der Waals surface area contributed by atoms with E-state index in [4.69, 9.17) is 4.74 Å². The van der Waals surface area contributed by atoms with E-state index in [1.807, 2.05) is 36.4 Å². The number of ether oxygens (including phenoxy) is 1. The molecule has 1 unspecified atom stereocenters. The van der Waals surface area contributed by atoms with Gasteiger partial charge in [0.05, 0.1) is 12.6 Å². The predicted octanol–water partition coefficient (Wildman–Crippen LogP) is 2.93. The topological polar surface area (TPSA) is 66.0 Å². The minimum Gasteiger partial charge on any atom is -0.493 e. The van der Waals surface area contributed by atoms with Crippen molar-refractivity contribution in [3.63, 3.8) is 0 Å². The highest BCUT2D eigenvalue weighted by atomic mass is 32.2. The Labute approximate surface area is 176 Å². The van der Waals surface area contributed by atoms with Gasteiger partial charge >= 0.3 is 0 Å². The van der Waals surface area contributed by atoms with Crippen molar-refractivity contribution in [2.75, 3.05) is 39.5 Å². The summed E-state index contributed by atoms with van der Waals surface area (Å²) in [6, 6.07) is 18.5. The largest absolute Gasteiger partial charge is 0.493 e. The molecule has 2 aromatic carbocycles. The molecule has 0 bridgehead atoms. The number of amides is 1. The van der Waals surface area contributed by atoms with Crippen LogP contribution in [0.3, 0.4) is 0 Å². The number of carbonyl (C=O) groups is 1. The van der Waals surface area contributed by atoms with Crippen LogP contribution in [0.15, 0.2) is 64.5 Å². The van der Waals surface area contributed by atoms with Crippen LogP contribution in [0, 0.1) is 0 Å². The zero-order valence-corrected chi connectivity index (χ0v) is 17.7. The van der Waals surface area contributed by atoms with Crippen LogP contribution in [-0.2, 0) is 4.79 Å². The molecule has 2 N–H and O–H groups in total. The number of guanidine groups is 1. The second-order valence-corrected chi connectivity index (χ2v) is 8.08. The summed E-state index contributed by atoms with van der Waals surface area (Å²) in [5, 5.41) is 6.85. The van der Waals surface area contributed by atoms with E-state index >= 15 is 0 Å². The highest BCUT2D eigenvalue weighted by Crippen LogP contribution is 2.31. The maximum Gasteiger partial charge on any atom is 0.243 e. The molecule has 1 aliphatic rings. The smallest absolute Gasteiger partial charge is 0.243 e. The van der Waals surface area contributed by atoms with Gasteiger partial charge in [-0.1, -0.05) is 36.4 Å². The zero-order chi connectivity index (χ0) is 20.5. The Balaban J connectivity index is 1.62. The van der Waals surface area contributed by atoms with E-state index in [1.165, 1.54) is 4.90 Å². The molecule has 0 fully saturated rings. The van der Waals surface area contributed by atoms with Crippen molar-refractivity contribution >= 4 is 23.6 Å². The molecule has 29 heavy (non-hydrogen) atoms. The van der Waals surface area contributed by atoms with Crippen LogP contribution < -0.4 is 15.4 Å². The first-order valence-corrected chi connectivity index (χ1v) is 10.8. The molecule has 1 amide bonds. The number of carbonyl (C=O) groups excluding carboxylic acids is 1.